The van der Waals surface area contributed by atoms with Crippen molar-refractivity contribution in [1.29, 1.82) is 0 Å². The van der Waals surface area contributed by atoms with Crippen molar-refractivity contribution in [2.45, 2.75) is 32.0 Å². The molecule has 0 atom stereocenters. The van der Waals surface area contributed by atoms with Crippen molar-refractivity contribution in [2.75, 3.05) is 23.7 Å². The van der Waals surface area contributed by atoms with Gasteiger partial charge in [0, 0.05) is 18.9 Å². The Hall–Kier alpha value is -2.81. The van der Waals surface area contributed by atoms with Crippen LogP contribution in [0.25, 0.3) is 0 Å². The first kappa shape index (κ1) is 20.5. The number of nitrogens with one attached hydrogen (secondary N) is 3. The van der Waals surface area contributed by atoms with E-state index in [1.54, 1.807) is 24.4 Å². The average molecular weight is 431 g/mol. The minimum atomic E-state index is -0.356. The summed E-state index contributed by atoms with van der Waals surface area (Å²) in [6.45, 7) is 2.68. The lowest BCUT2D eigenvalue weighted by Crippen LogP contribution is -3.11. The first-order chi connectivity index (χ1) is 14.6. The number of likely N-dealkylation sites (tertiary alicyclic amines) is 1. The maximum atomic E-state index is 12.4. The predicted molar refractivity (Wildman–Crippen MR) is 114 cm³/mol. The number of carbonyl (C=O) groups is 1. The van der Waals surface area contributed by atoms with Gasteiger partial charge in [0.25, 0.3) is 0 Å². The smallest absolute Gasteiger partial charge is 0.324 e. The average Bonchev–Trinajstić information content (AvgIpc) is 3.40. The van der Waals surface area contributed by atoms with Crippen LogP contribution in [0.4, 0.5) is 16.3 Å². The second kappa shape index (κ2) is 9.34. The van der Waals surface area contributed by atoms with Crippen molar-refractivity contribution < 1.29 is 19.2 Å². The first-order valence-electron chi connectivity index (χ1n) is 10.0. The van der Waals surface area contributed by atoms with Crippen LogP contribution in [0.2, 0.25) is 5.02 Å². The molecule has 0 saturated carbocycles. The fourth-order valence-electron chi connectivity index (χ4n) is 3.82. The molecule has 2 aromatic heterocycles. The Balaban J connectivity index is 1.32. The summed E-state index contributed by atoms with van der Waals surface area (Å²) in [5.74, 6) is 2.15. The Morgan fingerprint density at radius 1 is 1.17 bits per heavy atom. The number of aliphatic hydroxyl groups excluding tert-OH is 1. The number of hydrogen-bond donors (Lipinski definition) is 4. The molecule has 9 heteroatoms. The number of hydrogen-bond acceptors (Lipinski definition) is 4. The van der Waals surface area contributed by atoms with E-state index in [4.69, 9.17) is 21.1 Å². The molecule has 1 aliphatic heterocycles. The van der Waals surface area contributed by atoms with Crippen molar-refractivity contribution in [3.8, 4) is 0 Å². The quantitative estimate of drug-likeness (QED) is 0.483. The molecule has 8 nitrogen and oxygen atoms in total. The molecule has 0 aliphatic carbocycles. The Kier molecular flexibility index (Phi) is 6.37. The summed E-state index contributed by atoms with van der Waals surface area (Å²) in [5.41, 5.74) is 0.557. The van der Waals surface area contributed by atoms with E-state index in [1.807, 2.05) is 28.9 Å². The molecule has 1 aliphatic rings. The highest BCUT2D eigenvalue weighted by molar-refractivity contribution is 6.33. The van der Waals surface area contributed by atoms with E-state index in [9.17, 15) is 4.79 Å². The molecular weight excluding hydrogens is 406 g/mol. The highest BCUT2D eigenvalue weighted by atomic mass is 35.5. The van der Waals surface area contributed by atoms with Crippen molar-refractivity contribution in [2.24, 2.45) is 0 Å². The lowest BCUT2D eigenvalue weighted by molar-refractivity contribution is -0.920. The summed E-state index contributed by atoms with van der Waals surface area (Å²) in [6, 6.07) is 12.5. The van der Waals surface area contributed by atoms with Gasteiger partial charge in [-0.3, -0.25) is 5.32 Å². The highest BCUT2D eigenvalue weighted by Gasteiger charge is 2.26. The summed E-state index contributed by atoms with van der Waals surface area (Å²) in [4.78, 5) is 13.8. The number of nitrogens with zero attached hydrogens (tertiary/aromatic N) is 2. The number of halogens is 1. The van der Waals surface area contributed by atoms with Gasteiger partial charge in [-0.25, -0.2) is 9.48 Å². The van der Waals surface area contributed by atoms with Gasteiger partial charge in [-0.15, -0.1) is 0 Å². The number of quaternary nitrogens is 1. The summed E-state index contributed by atoms with van der Waals surface area (Å²) >= 11 is 6.10. The topological polar surface area (TPSA) is 96.8 Å². The minimum Gasteiger partial charge on any atom is -0.458 e. The normalized spacial score (nSPS) is 18.9. The summed E-state index contributed by atoms with van der Waals surface area (Å²) in [7, 11) is 0. The van der Waals surface area contributed by atoms with Crippen LogP contribution in [0.5, 0.6) is 0 Å². The number of para-hydroxylation sites is 1. The predicted octanol–water partition coefficient (Wildman–Crippen LogP) is 2.69. The highest BCUT2D eigenvalue weighted by Crippen LogP contribution is 2.23. The van der Waals surface area contributed by atoms with Gasteiger partial charge < -0.3 is 19.7 Å². The van der Waals surface area contributed by atoms with Crippen LogP contribution >= 0.6 is 11.6 Å². The van der Waals surface area contributed by atoms with Gasteiger partial charge in [-0.2, -0.15) is 5.10 Å². The first-order valence-corrected chi connectivity index (χ1v) is 10.4. The van der Waals surface area contributed by atoms with E-state index < -0.39 is 0 Å². The number of benzene rings is 1. The van der Waals surface area contributed by atoms with Gasteiger partial charge in [-0.05, 0) is 24.3 Å². The lowest BCUT2D eigenvalue weighted by Gasteiger charge is -2.29. The molecule has 4 N–H and O–H groups in total. The van der Waals surface area contributed by atoms with E-state index >= 15 is 0 Å². The Bertz CT molecular complexity index is 994. The minimum absolute atomic E-state index is 0.0729. The van der Waals surface area contributed by atoms with Gasteiger partial charge >= 0.3 is 6.03 Å². The van der Waals surface area contributed by atoms with Gasteiger partial charge in [-0.1, -0.05) is 23.7 Å². The van der Waals surface area contributed by atoms with Crippen LogP contribution in [0.15, 0.2) is 53.1 Å². The van der Waals surface area contributed by atoms with Crippen LogP contribution in [-0.4, -0.2) is 34.0 Å². The molecule has 0 bridgehead atoms. The molecule has 30 heavy (non-hydrogen) atoms. The Morgan fingerprint density at radius 3 is 2.67 bits per heavy atom. The third-order valence-corrected chi connectivity index (χ3v) is 5.67. The van der Waals surface area contributed by atoms with Crippen molar-refractivity contribution in [3.05, 3.63) is 65.2 Å². The molecule has 3 heterocycles. The van der Waals surface area contributed by atoms with Crippen LogP contribution in [0.1, 0.15) is 30.4 Å². The third kappa shape index (κ3) is 4.84. The monoisotopic (exact) mass is 430 g/mol. The zero-order valence-electron chi connectivity index (χ0n) is 16.5. The Morgan fingerprint density at radius 2 is 1.93 bits per heavy atom. The van der Waals surface area contributed by atoms with E-state index in [2.05, 4.69) is 15.7 Å². The molecule has 3 aromatic rings. The number of urea groups is 1. The fourth-order valence-corrected chi connectivity index (χ4v) is 4.00. The number of amides is 2. The molecule has 158 valence electrons. The molecule has 0 unspecified atom stereocenters. The number of aliphatic hydroxyl groups is 1. The zero-order valence-corrected chi connectivity index (χ0v) is 17.2. The molecule has 1 saturated heterocycles. The van der Waals surface area contributed by atoms with E-state index in [0.717, 1.165) is 38.2 Å². The van der Waals surface area contributed by atoms with Crippen LogP contribution < -0.4 is 15.5 Å². The van der Waals surface area contributed by atoms with E-state index in [0.29, 0.717) is 22.3 Å². The van der Waals surface area contributed by atoms with Gasteiger partial charge in [0.05, 0.1) is 36.0 Å². The molecule has 1 fully saturated rings. The number of aromatic nitrogens is 2. The number of piperidine rings is 1. The largest absolute Gasteiger partial charge is 0.458 e. The standard InChI is InChI=1S/C21H24ClN5O3/c22-18-3-1-2-4-19(18)24-21(29)25-20-7-10-23-27(20)15-8-11-26(12-9-15)13-16-5-6-17(14-28)30-16/h1-7,10,15,28H,8-9,11-14H2,(H2,24,25,29)/p+1. The summed E-state index contributed by atoms with van der Waals surface area (Å²) in [5, 5.41) is 19.7. The zero-order chi connectivity index (χ0) is 20.9. The summed E-state index contributed by atoms with van der Waals surface area (Å²) < 4.78 is 7.49. The number of anilines is 2. The number of carbonyl (C=O) groups excluding carboxylic acids is 1. The van der Waals surface area contributed by atoms with Gasteiger partial charge in [0.1, 0.15) is 24.7 Å². The van der Waals surface area contributed by atoms with E-state index in [-0.39, 0.29) is 18.7 Å². The second-order valence-electron chi connectivity index (χ2n) is 7.40. The second-order valence-corrected chi connectivity index (χ2v) is 7.81. The van der Waals surface area contributed by atoms with Crippen molar-refractivity contribution in [1.82, 2.24) is 9.78 Å². The molecule has 2 amide bonds. The molecular formula is C21H25ClN5O3+. The Labute approximate surface area is 179 Å². The number of rotatable bonds is 6. The SMILES string of the molecule is O=C(Nc1ccccc1Cl)Nc1ccnn1C1CC[NH+](Cc2ccc(CO)o2)CC1. The lowest BCUT2D eigenvalue weighted by atomic mass is 10.1. The van der Waals surface area contributed by atoms with E-state index in [1.165, 1.54) is 4.90 Å². The summed E-state index contributed by atoms with van der Waals surface area (Å²) in [6.07, 6.45) is 3.60. The van der Waals surface area contributed by atoms with Crippen LogP contribution in [0.3, 0.4) is 0 Å². The third-order valence-electron chi connectivity index (χ3n) is 5.34. The number of furan rings is 1. The van der Waals surface area contributed by atoms with Gasteiger partial charge in [0.2, 0.25) is 0 Å². The maximum Gasteiger partial charge on any atom is 0.324 e. The van der Waals surface area contributed by atoms with Crippen molar-refractivity contribution in [3.63, 3.8) is 0 Å². The van der Waals surface area contributed by atoms with Crippen LogP contribution in [0, 0.1) is 0 Å². The van der Waals surface area contributed by atoms with Crippen molar-refractivity contribution >= 4 is 29.1 Å². The van der Waals surface area contributed by atoms with Crippen LogP contribution in [-0.2, 0) is 13.2 Å². The maximum absolute atomic E-state index is 12.4. The molecule has 4 rings (SSSR count). The molecule has 0 radical (unpaired) electrons. The molecule has 1 aromatic carbocycles. The molecule has 0 spiro atoms. The van der Waals surface area contributed by atoms with Gasteiger partial charge in [0.15, 0.2) is 5.76 Å². The fraction of sp³-hybridized carbons (Fsp3) is 0.333.